The fraction of sp³-hybridized carbons (Fsp3) is 0.250. The van der Waals surface area contributed by atoms with Crippen molar-refractivity contribution in [3.63, 3.8) is 0 Å². The maximum atomic E-state index is 13.7. The second-order valence-corrected chi connectivity index (χ2v) is 17.0. The molecule has 4 unspecified atom stereocenters. The number of benzene rings is 5. The van der Waals surface area contributed by atoms with E-state index >= 15 is 0 Å². The smallest absolute Gasteiger partial charge is 0.258 e. The van der Waals surface area contributed by atoms with E-state index in [4.69, 9.17) is 55.9 Å². The Balaban J connectivity index is 1.33. The predicted molar refractivity (Wildman–Crippen MR) is 264 cm³/mol. The van der Waals surface area contributed by atoms with E-state index in [1.165, 1.54) is 48.5 Å². The van der Waals surface area contributed by atoms with Gasteiger partial charge in [0.05, 0.1) is 45.4 Å². The first-order valence-corrected chi connectivity index (χ1v) is 22.6. The number of ketones is 2. The zero-order valence-electron chi connectivity index (χ0n) is 37.5. The molecule has 5 aromatic rings. The maximum absolute atomic E-state index is 13.7. The third-order valence-corrected chi connectivity index (χ3v) is 10.8. The first kappa shape index (κ1) is 52.3. The molecule has 0 aromatic heterocycles. The molecule has 4 atom stereocenters. The second-order valence-electron chi connectivity index (χ2n) is 14.8. The first-order valence-electron chi connectivity index (χ1n) is 21.0. The molecule has 0 saturated carbocycles. The zero-order chi connectivity index (χ0) is 49.7. The zero-order valence-corrected chi connectivity index (χ0v) is 40.6. The van der Waals surface area contributed by atoms with Crippen LogP contribution >= 0.6 is 46.4 Å². The monoisotopic (exact) mass is 1000 g/mol. The summed E-state index contributed by atoms with van der Waals surface area (Å²) in [6, 6.07) is 22.0. The lowest BCUT2D eigenvalue weighted by Crippen LogP contribution is -2.32. The number of hydrogen-bond acceptors (Lipinski definition) is 12. The van der Waals surface area contributed by atoms with Crippen molar-refractivity contribution in [2.45, 2.75) is 64.4 Å². The van der Waals surface area contributed by atoms with Crippen molar-refractivity contribution in [1.29, 1.82) is 0 Å². The van der Waals surface area contributed by atoms with Crippen LogP contribution in [0.4, 0.5) is 34.1 Å². The average Bonchev–Trinajstić information content (AvgIpc) is 3.29. The third kappa shape index (κ3) is 13.9. The summed E-state index contributed by atoms with van der Waals surface area (Å²) >= 11 is 25.0. The molecular weight excluding hydrogens is 958 g/mol. The second kappa shape index (κ2) is 24.3. The van der Waals surface area contributed by atoms with Crippen LogP contribution < -0.4 is 30.7 Å². The van der Waals surface area contributed by atoms with Crippen molar-refractivity contribution in [2.24, 2.45) is 20.5 Å². The normalized spacial score (nSPS) is 13.0. The number of alkyl halides is 2. The fourth-order valence-electron chi connectivity index (χ4n) is 6.14. The van der Waals surface area contributed by atoms with Gasteiger partial charge in [0.15, 0.2) is 23.1 Å². The van der Waals surface area contributed by atoms with Gasteiger partial charge in [0.2, 0.25) is 12.1 Å². The van der Waals surface area contributed by atoms with Gasteiger partial charge in [0, 0.05) is 22.5 Å². The highest BCUT2D eigenvalue weighted by molar-refractivity contribution is 6.33. The Hall–Kier alpha value is -6.72. The van der Waals surface area contributed by atoms with Crippen molar-refractivity contribution >= 4 is 116 Å². The minimum Gasteiger partial charge on any atom is -0.488 e. The van der Waals surface area contributed by atoms with Gasteiger partial charge in [-0.25, -0.2) is 0 Å². The number of rotatable bonds is 20. The molecule has 0 fully saturated rings. The Morgan fingerprint density at radius 3 is 1.19 bits per heavy atom. The Morgan fingerprint density at radius 2 is 0.882 bits per heavy atom. The molecule has 4 N–H and O–H groups in total. The number of halogens is 4. The first-order chi connectivity index (χ1) is 32.4. The van der Waals surface area contributed by atoms with E-state index in [1.54, 1.807) is 62.4 Å². The molecule has 0 heterocycles. The van der Waals surface area contributed by atoms with Gasteiger partial charge in [-0.1, -0.05) is 47.5 Å². The topological polar surface area (TPSA) is 218 Å². The van der Waals surface area contributed by atoms with Gasteiger partial charge in [-0.05, 0) is 125 Å². The highest BCUT2D eigenvalue weighted by Gasteiger charge is 2.29. The molecule has 0 aliphatic carbocycles. The molecule has 20 heteroatoms. The van der Waals surface area contributed by atoms with Crippen LogP contribution in [0, 0.1) is 0 Å². The minimum absolute atomic E-state index is 0.0152. The van der Waals surface area contributed by atoms with Crippen LogP contribution in [0.25, 0.3) is 0 Å². The number of azo groups is 2. The van der Waals surface area contributed by atoms with Crippen molar-refractivity contribution in [2.75, 3.05) is 34.5 Å². The van der Waals surface area contributed by atoms with E-state index in [1.807, 2.05) is 13.8 Å². The molecule has 68 heavy (non-hydrogen) atoms. The fourth-order valence-corrected chi connectivity index (χ4v) is 6.75. The Kier molecular flexibility index (Phi) is 18.7. The van der Waals surface area contributed by atoms with Crippen LogP contribution in [0.2, 0.25) is 10.0 Å². The molecule has 0 aliphatic heterocycles. The van der Waals surface area contributed by atoms with Gasteiger partial charge >= 0.3 is 0 Å². The van der Waals surface area contributed by atoms with Crippen LogP contribution in [-0.2, 0) is 19.2 Å². The average molecular weight is 1000 g/mol. The predicted octanol–water partition coefficient (Wildman–Crippen LogP) is 12.3. The van der Waals surface area contributed by atoms with Crippen molar-refractivity contribution < 1.29 is 38.2 Å². The SMILES string of the molecule is CCOc1c(NC(=O)C(N=Nc2cc(C(=O)Nc3ccc(C(C)Cl)cc3)ccc2Cl)C(C)=O)ccc(NC(=O)C(N=Nc2cc(C(=O)Nc3ccc(C(C)Cl)cc3)ccc2Cl)C(C)=O)c1OCC. The summed E-state index contributed by atoms with van der Waals surface area (Å²) < 4.78 is 11.8. The number of ether oxygens (including phenoxy) is 2. The number of carbonyl (C=O) groups excluding carboxylic acids is 6. The summed E-state index contributed by atoms with van der Waals surface area (Å²) in [6.45, 7) is 9.43. The Morgan fingerprint density at radius 1 is 0.529 bits per heavy atom. The molecule has 0 bridgehead atoms. The van der Waals surface area contributed by atoms with Crippen LogP contribution in [0.15, 0.2) is 118 Å². The number of nitrogens with one attached hydrogen (secondary N) is 4. The van der Waals surface area contributed by atoms with Crippen molar-refractivity contribution in [1.82, 2.24) is 0 Å². The standard InChI is InChI=1S/C48H46Cl4N8O8/c1-7-67-43-37(55-47(65)41(27(5)61)59-57-39-23-31(13-19-35(39)51)45(63)53-33-15-9-29(10-16-33)25(3)49)21-22-38(44(43)68-8-2)56-48(66)42(28(6)62)60-58-40-24-32(14-20-36(40)52)46(64)54-34-17-11-30(12-18-34)26(4)50/h9-26,41-42H,7-8H2,1-6H3,(H,53,63)(H,54,64)(H,55,65)(H,56,66). The molecule has 4 amide bonds. The molecule has 354 valence electrons. The van der Waals surface area contributed by atoms with Crippen LogP contribution in [0.3, 0.4) is 0 Å². The third-order valence-electron chi connectivity index (χ3n) is 9.71. The highest BCUT2D eigenvalue weighted by atomic mass is 35.5. The summed E-state index contributed by atoms with van der Waals surface area (Å²) in [5.74, 6) is -4.18. The van der Waals surface area contributed by atoms with Crippen molar-refractivity contribution in [3.8, 4) is 11.5 Å². The number of anilines is 4. The summed E-state index contributed by atoms with van der Waals surface area (Å²) in [4.78, 5) is 79.2. The Bertz CT molecular complexity index is 2560. The molecule has 5 rings (SSSR count). The van der Waals surface area contributed by atoms with Crippen LogP contribution in [0.5, 0.6) is 11.5 Å². The highest BCUT2D eigenvalue weighted by Crippen LogP contribution is 2.42. The number of nitrogens with zero attached hydrogens (tertiary/aromatic N) is 4. The number of amides is 4. The lowest BCUT2D eigenvalue weighted by Gasteiger charge is -2.20. The molecule has 5 aromatic carbocycles. The molecule has 16 nitrogen and oxygen atoms in total. The quantitative estimate of drug-likeness (QED) is 0.0333. The van der Waals surface area contributed by atoms with Crippen molar-refractivity contribution in [3.05, 3.63) is 129 Å². The van der Waals surface area contributed by atoms with E-state index in [9.17, 15) is 28.8 Å². The van der Waals surface area contributed by atoms with Gasteiger partial charge in [0.25, 0.3) is 23.6 Å². The number of hydrogen-bond donors (Lipinski definition) is 4. The minimum atomic E-state index is -1.68. The lowest BCUT2D eigenvalue weighted by molar-refractivity contribution is -0.127. The largest absolute Gasteiger partial charge is 0.488 e. The summed E-state index contributed by atoms with van der Waals surface area (Å²) in [7, 11) is 0. The molecule has 0 saturated heterocycles. The lowest BCUT2D eigenvalue weighted by atomic mass is 10.1. The van der Waals surface area contributed by atoms with E-state index in [-0.39, 0.29) is 79.4 Å². The number of Topliss-reactive ketones (excluding diaryl/α,β-unsaturated/α-hetero) is 2. The van der Waals surface area contributed by atoms with E-state index < -0.39 is 47.3 Å². The van der Waals surface area contributed by atoms with E-state index in [0.29, 0.717) is 11.4 Å². The van der Waals surface area contributed by atoms with Gasteiger partial charge in [0.1, 0.15) is 11.4 Å². The molecule has 0 aliphatic rings. The molecule has 0 radical (unpaired) electrons. The van der Waals surface area contributed by atoms with Crippen LogP contribution in [-0.4, -0.2) is 60.5 Å². The summed E-state index contributed by atoms with van der Waals surface area (Å²) in [5, 5.41) is 26.7. The van der Waals surface area contributed by atoms with Gasteiger partial charge in [-0.15, -0.1) is 23.2 Å². The molecular formula is C48H46Cl4N8O8. The molecule has 0 spiro atoms. The number of carbonyl (C=O) groups is 6. The summed E-state index contributed by atoms with van der Waals surface area (Å²) in [5.41, 5.74) is 3.25. The van der Waals surface area contributed by atoms with E-state index in [0.717, 1.165) is 25.0 Å². The maximum Gasteiger partial charge on any atom is 0.258 e. The van der Waals surface area contributed by atoms with E-state index in [2.05, 4.69) is 41.7 Å². The summed E-state index contributed by atoms with van der Waals surface area (Å²) in [6.07, 6.45) is 0. The Labute approximate surface area is 412 Å². The van der Waals surface area contributed by atoms with Gasteiger partial charge in [-0.2, -0.15) is 20.5 Å². The van der Waals surface area contributed by atoms with Crippen LogP contribution in [0.1, 0.15) is 84.1 Å². The van der Waals surface area contributed by atoms with Gasteiger partial charge in [-0.3, -0.25) is 28.8 Å². The van der Waals surface area contributed by atoms with Gasteiger partial charge < -0.3 is 30.7 Å².